The minimum Gasteiger partial charge on any atom is -0.481 e. The average Bonchev–Trinajstić information content (AvgIpc) is 2.12. The van der Waals surface area contributed by atoms with Gasteiger partial charge < -0.3 is 5.11 Å². The number of carbonyl (C=O) groups is 1. The van der Waals surface area contributed by atoms with E-state index in [1.54, 1.807) is 18.2 Å². The average molecular weight is 244 g/mol. The molecule has 0 aliphatic carbocycles. The van der Waals surface area contributed by atoms with Gasteiger partial charge in [0.1, 0.15) is 0 Å². The number of benzene rings is 1. The molecule has 0 amide bonds. The maximum Gasteiger partial charge on any atom is 0.303 e. The zero-order chi connectivity index (χ0) is 12.2. The van der Waals surface area contributed by atoms with Crippen molar-refractivity contribution >= 4 is 21.9 Å². The SMILES string of the molecule is NS(=O)(=O)Nc1cccc(CCC(=O)O)c1. The summed E-state index contributed by atoms with van der Waals surface area (Å²) in [7, 11) is -3.79. The van der Waals surface area contributed by atoms with Crippen LogP contribution in [-0.4, -0.2) is 19.5 Å². The number of anilines is 1. The van der Waals surface area contributed by atoms with Crippen LogP contribution in [0.1, 0.15) is 12.0 Å². The normalized spacial score (nSPS) is 11.1. The number of rotatable bonds is 5. The summed E-state index contributed by atoms with van der Waals surface area (Å²) in [6, 6.07) is 6.43. The molecule has 7 heteroatoms. The van der Waals surface area contributed by atoms with Crippen molar-refractivity contribution in [3.8, 4) is 0 Å². The van der Waals surface area contributed by atoms with E-state index in [9.17, 15) is 13.2 Å². The molecule has 0 saturated heterocycles. The van der Waals surface area contributed by atoms with E-state index in [1.165, 1.54) is 6.07 Å². The van der Waals surface area contributed by atoms with Crippen LogP contribution in [0.15, 0.2) is 24.3 Å². The molecule has 16 heavy (non-hydrogen) atoms. The lowest BCUT2D eigenvalue weighted by atomic mass is 10.1. The van der Waals surface area contributed by atoms with Crippen molar-refractivity contribution in [1.29, 1.82) is 0 Å². The van der Waals surface area contributed by atoms with E-state index in [-0.39, 0.29) is 6.42 Å². The van der Waals surface area contributed by atoms with Crippen LogP contribution in [-0.2, 0) is 21.4 Å². The van der Waals surface area contributed by atoms with Gasteiger partial charge in [-0.2, -0.15) is 8.42 Å². The molecule has 1 rings (SSSR count). The van der Waals surface area contributed by atoms with Crippen LogP contribution in [0.4, 0.5) is 5.69 Å². The van der Waals surface area contributed by atoms with Gasteiger partial charge in [-0.3, -0.25) is 9.52 Å². The molecule has 0 heterocycles. The smallest absolute Gasteiger partial charge is 0.303 e. The van der Waals surface area contributed by atoms with Gasteiger partial charge in [-0.15, -0.1) is 0 Å². The highest BCUT2D eigenvalue weighted by atomic mass is 32.2. The van der Waals surface area contributed by atoms with Crippen molar-refractivity contribution in [2.75, 3.05) is 4.72 Å². The first-order valence-electron chi connectivity index (χ1n) is 4.48. The Hall–Kier alpha value is -1.60. The molecule has 0 unspecified atom stereocenters. The maximum atomic E-state index is 10.8. The summed E-state index contributed by atoms with van der Waals surface area (Å²) in [4.78, 5) is 10.4. The number of nitrogens with one attached hydrogen (secondary N) is 1. The van der Waals surface area contributed by atoms with Crippen LogP contribution >= 0.6 is 0 Å². The first kappa shape index (κ1) is 12.5. The second-order valence-electron chi connectivity index (χ2n) is 3.24. The number of hydrogen-bond acceptors (Lipinski definition) is 3. The molecular weight excluding hydrogens is 232 g/mol. The van der Waals surface area contributed by atoms with E-state index in [0.717, 1.165) is 5.56 Å². The monoisotopic (exact) mass is 244 g/mol. The van der Waals surface area contributed by atoms with Crippen LogP contribution in [0.25, 0.3) is 0 Å². The largest absolute Gasteiger partial charge is 0.481 e. The molecular formula is C9H12N2O4S. The second kappa shape index (κ2) is 4.95. The lowest BCUT2D eigenvalue weighted by molar-refractivity contribution is -0.136. The zero-order valence-electron chi connectivity index (χ0n) is 8.38. The van der Waals surface area contributed by atoms with E-state index < -0.39 is 16.2 Å². The maximum absolute atomic E-state index is 10.8. The Balaban J connectivity index is 2.75. The highest BCUT2D eigenvalue weighted by Crippen LogP contribution is 2.12. The lowest BCUT2D eigenvalue weighted by Crippen LogP contribution is -2.21. The standard InChI is InChI=1S/C9H12N2O4S/c10-16(14,15)11-8-3-1-2-7(6-8)4-5-9(12)13/h1-3,6,11H,4-5H2,(H,12,13)(H2,10,14,15). The molecule has 0 bridgehead atoms. The Kier molecular flexibility index (Phi) is 3.86. The van der Waals surface area contributed by atoms with E-state index in [4.69, 9.17) is 10.2 Å². The van der Waals surface area contributed by atoms with E-state index in [1.807, 2.05) is 0 Å². The van der Waals surface area contributed by atoms with Gasteiger partial charge in [-0.1, -0.05) is 12.1 Å². The molecule has 88 valence electrons. The Morgan fingerprint density at radius 1 is 1.44 bits per heavy atom. The van der Waals surface area contributed by atoms with E-state index in [0.29, 0.717) is 12.1 Å². The minimum atomic E-state index is -3.79. The van der Waals surface area contributed by atoms with Crippen LogP contribution in [0.3, 0.4) is 0 Å². The van der Waals surface area contributed by atoms with Crippen LogP contribution in [0.2, 0.25) is 0 Å². The van der Waals surface area contributed by atoms with Crippen molar-refractivity contribution in [2.24, 2.45) is 5.14 Å². The highest BCUT2D eigenvalue weighted by molar-refractivity contribution is 7.90. The predicted molar refractivity (Wildman–Crippen MR) is 59.1 cm³/mol. The molecule has 0 radical (unpaired) electrons. The predicted octanol–water partition coefficient (Wildman–Crippen LogP) is 0.319. The third-order valence-electron chi connectivity index (χ3n) is 1.81. The molecule has 0 saturated carbocycles. The van der Waals surface area contributed by atoms with Crippen LogP contribution in [0, 0.1) is 0 Å². The summed E-state index contributed by atoms with van der Waals surface area (Å²) in [6.45, 7) is 0. The van der Waals surface area contributed by atoms with Crippen molar-refractivity contribution in [1.82, 2.24) is 0 Å². The van der Waals surface area contributed by atoms with Crippen molar-refractivity contribution in [2.45, 2.75) is 12.8 Å². The third-order valence-corrected chi connectivity index (χ3v) is 2.33. The number of nitrogens with two attached hydrogens (primary N) is 1. The highest BCUT2D eigenvalue weighted by Gasteiger charge is 2.04. The minimum absolute atomic E-state index is 0.00116. The Labute approximate surface area is 93.3 Å². The molecule has 6 nitrogen and oxygen atoms in total. The molecule has 4 N–H and O–H groups in total. The van der Waals surface area contributed by atoms with Gasteiger partial charge in [-0.25, -0.2) is 5.14 Å². The first-order chi connectivity index (χ1) is 7.37. The molecule has 0 atom stereocenters. The lowest BCUT2D eigenvalue weighted by Gasteiger charge is -2.05. The molecule has 1 aromatic carbocycles. The fraction of sp³-hybridized carbons (Fsp3) is 0.222. The first-order valence-corrected chi connectivity index (χ1v) is 6.03. The summed E-state index contributed by atoms with van der Waals surface area (Å²) in [5.74, 6) is -0.898. The van der Waals surface area contributed by atoms with Gasteiger partial charge >= 0.3 is 5.97 Å². The summed E-state index contributed by atoms with van der Waals surface area (Å²) in [6.07, 6.45) is 0.342. The molecule has 0 aliphatic rings. The van der Waals surface area contributed by atoms with Crippen molar-refractivity contribution in [3.05, 3.63) is 29.8 Å². The van der Waals surface area contributed by atoms with Gasteiger partial charge in [0.25, 0.3) is 10.2 Å². The van der Waals surface area contributed by atoms with E-state index >= 15 is 0 Å². The number of aliphatic carboxylic acids is 1. The summed E-state index contributed by atoms with van der Waals surface area (Å²) in [5, 5.41) is 13.3. The Morgan fingerprint density at radius 3 is 2.69 bits per heavy atom. The van der Waals surface area contributed by atoms with Crippen LogP contribution in [0.5, 0.6) is 0 Å². The molecule has 1 aromatic rings. The molecule has 0 spiro atoms. The topological polar surface area (TPSA) is 109 Å². The van der Waals surface area contributed by atoms with Gasteiger partial charge in [0.15, 0.2) is 0 Å². The molecule has 0 aromatic heterocycles. The Bertz CT molecular complexity index is 484. The van der Waals surface area contributed by atoms with Crippen molar-refractivity contribution in [3.63, 3.8) is 0 Å². The van der Waals surface area contributed by atoms with Gasteiger partial charge in [0.05, 0.1) is 0 Å². The number of carboxylic acid groups (broad SMARTS) is 1. The fourth-order valence-corrected chi connectivity index (χ4v) is 1.66. The van der Waals surface area contributed by atoms with E-state index in [2.05, 4.69) is 4.72 Å². The quantitative estimate of drug-likeness (QED) is 0.692. The fourth-order valence-electron chi connectivity index (χ4n) is 1.21. The van der Waals surface area contributed by atoms with Gasteiger partial charge in [-0.05, 0) is 24.1 Å². The molecule has 0 fully saturated rings. The Morgan fingerprint density at radius 2 is 2.12 bits per heavy atom. The van der Waals surface area contributed by atoms with Gasteiger partial charge in [0.2, 0.25) is 0 Å². The number of carboxylic acids is 1. The second-order valence-corrected chi connectivity index (χ2v) is 4.54. The zero-order valence-corrected chi connectivity index (χ0v) is 9.20. The number of aryl methyl sites for hydroxylation is 1. The number of hydrogen-bond donors (Lipinski definition) is 3. The van der Waals surface area contributed by atoms with Gasteiger partial charge in [0, 0.05) is 12.1 Å². The summed E-state index contributed by atoms with van der Waals surface area (Å²) >= 11 is 0. The molecule has 0 aliphatic heterocycles. The summed E-state index contributed by atoms with van der Waals surface area (Å²) < 4.78 is 23.6. The van der Waals surface area contributed by atoms with Crippen LogP contribution < -0.4 is 9.86 Å². The van der Waals surface area contributed by atoms with Crippen molar-refractivity contribution < 1.29 is 18.3 Å². The summed E-state index contributed by atoms with van der Waals surface area (Å²) in [5.41, 5.74) is 1.06. The third kappa shape index (κ3) is 4.76.